The van der Waals surface area contributed by atoms with Gasteiger partial charge < -0.3 is 21.3 Å². The summed E-state index contributed by atoms with van der Waals surface area (Å²) in [7, 11) is 0. The van der Waals surface area contributed by atoms with Crippen LogP contribution in [0.1, 0.15) is 49.6 Å². The predicted molar refractivity (Wildman–Crippen MR) is 115 cm³/mol. The summed E-state index contributed by atoms with van der Waals surface area (Å²) in [5, 5.41) is 24.4. The first-order valence-electron chi connectivity index (χ1n) is 10.2. The highest BCUT2D eigenvalue weighted by molar-refractivity contribution is 7.15. The van der Waals surface area contributed by atoms with Gasteiger partial charge in [0.1, 0.15) is 0 Å². The van der Waals surface area contributed by atoms with Crippen LogP contribution in [0.25, 0.3) is 0 Å². The lowest BCUT2D eigenvalue weighted by Crippen LogP contribution is -2.57. The molecular weight excluding hydrogens is 386 g/mol. The fourth-order valence-corrected chi connectivity index (χ4v) is 6.52. The topological polar surface area (TPSA) is 108 Å². The van der Waals surface area contributed by atoms with E-state index < -0.39 is 11.5 Å². The monoisotopic (exact) mass is 415 g/mol. The Morgan fingerprint density at radius 3 is 2.76 bits per heavy atom. The number of para-hydroxylation sites is 1. The second-order valence-electron chi connectivity index (χ2n) is 9.01. The summed E-state index contributed by atoms with van der Waals surface area (Å²) < 4.78 is 0. The Kier molecular flexibility index (Phi) is 5.17. The largest absolute Gasteiger partial charge is 0.396 e. The van der Waals surface area contributed by atoms with Crippen molar-refractivity contribution >= 4 is 28.1 Å². The van der Waals surface area contributed by atoms with E-state index >= 15 is 0 Å². The van der Waals surface area contributed by atoms with Crippen molar-refractivity contribution in [1.29, 1.82) is 0 Å². The first-order chi connectivity index (χ1) is 13.8. The Balaban J connectivity index is 1.70. The summed E-state index contributed by atoms with van der Waals surface area (Å²) in [6.45, 7) is 4.08. The van der Waals surface area contributed by atoms with Gasteiger partial charge in [0, 0.05) is 28.3 Å². The molecule has 0 bridgehead atoms. The highest BCUT2D eigenvalue weighted by Gasteiger charge is 2.59. The van der Waals surface area contributed by atoms with Crippen LogP contribution in [0.4, 0.5) is 10.8 Å². The first kappa shape index (κ1) is 20.3. The van der Waals surface area contributed by atoms with Crippen molar-refractivity contribution in [2.75, 3.05) is 17.7 Å². The van der Waals surface area contributed by atoms with Crippen molar-refractivity contribution in [2.24, 2.45) is 16.7 Å². The van der Waals surface area contributed by atoms with Gasteiger partial charge >= 0.3 is 0 Å². The minimum Gasteiger partial charge on any atom is -0.396 e. The number of benzene rings is 1. The van der Waals surface area contributed by atoms with Crippen LogP contribution in [0.2, 0.25) is 0 Å². The Labute approximate surface area is 175 Å². The van der Waals surface area contributed by atoms with Crippen LogP contribution in [0.5, 0.6) is 0 Å². The first-order valence-corrected chi connectivity index (χ1v) is 11.0. The molecule has 6 nitrogen and oxygen atoms in total. The molecule has 0 spiro atoms. The number of hydrogen-bond donors (Lipinski definition) is 4. The number of carbonyl (C=O) groups is 1. The molecule has 2 aromatic rings. The van der Waals surface area contributed by atoms with E-state index in [1.54, 1.807) is 0 Å². The third kappa shape index (κ3) is 3.35. The number of nitrogens with one attached hydrogen (secondary N) is 1. The van der Waals surface area contributed by atoms with E-state index in [9.17, 15) is 15.0 Å². The lowest BCUT2D eigenvalue weighted by molar-refractivity contribution is -0.143. The quantitative estimate of drug-likeness (QED) is 0.613. The molecule has 0 radical (unpaired) electrons. The molecule has 156 valence electrons. The minimum atomic E-state index is -0.613. The SMILES string of the molecule is CC1(CO)C(O)CCC2(C)C(CC(=O)Nc3ccccc3)c3nc(N)sc3CC12. The van der Waals surface area contributed by atoms with Crippen LogP contribution < -0.4 is 11.1 Å². The van der Waals surface area contributed by atoms with Gasteiger partial charge in [-0.2, -0.15) is 0 Å². The molecule has 2 aliphatic rings. The molecule has 1 aromatic carbocycles. The number of nitrogens with two attached hydrogens (primary N) is 1. The van der Waals surface area contributed by atoms with Gasteiger partial charge in [-0.25, -0.2) is 4.98 Å². The van der Waals surface area contributed by atoms with Crippen molar-refractivity contribution in [3.05, 3.63) is 40.9 Å². The molecule has 1 aromatic heterocycles. The Hall–Kier alpha value is -1.96. The maximum absolute atomic E-state index is 12.9. The van der Waals surface area contributed by atoms with Crippen LogP contribution in [0.3, 0.4) is 0 Å². The number of aliphatic hydroxyl groups is 2. The number of carbonyl (C=O) groups excluding carboxylic acids is 1. The van der Waals surface area contributed by atoms with Crippen molar-refractivity contribution in [3.8, 4) is 0 Å². The summed E-state index contributed by atoms with van der Waals surface area (Å²) in [4.78, 5) is 18.6. The Bertz CT molecular complexity index is 902. The van der Waals surface area contributed by atoms with Gasteiger partial charge in [-0.3, -0.25) is 4.79 Å². The number of amides is 1. The van der Waals surface area contributed by atoms with Gasteiger partial charge in [0.2, 0.25) is 5.91 Å². The second-order valence-corrected chi connectivity index (χ2v) is 10.1. The summed E-state index contributed by atoms with van der Waals surface area (Å²) in [6.07, 6.45) is 1.86. The summed E-state index contributed by atoms with van der Waals surface area (Å²) in [5.74, 6) is -0.116. The zero-order valence-electron chi connectivity index (χ0n) is 16.9. The lowest BCUT2D eigenvalue weighted by Gasteiger charge is -2.58. The number of thiazole rings is 1. The van der Waals surface area contributed by atoms with E-state index in [-0.39, 0.29) is 29.8 Å². The van der Waals surface area contributed by atoms with Crippen LogP contribution in [-0.4, -0.2) is 33.8 Å². The number of rotatable bonds is 4. The molecule has 1 heterocycles. The molecule has 7 heteroatoms. The summed E-state index contributed by atoms with van der Waals surface area (Å²) >= 11 is 1.46. The fraction of sp³-hybridized carbons (Fsp3) is 0.545. The number of hydrogen-bond acceptors (Lipinski definition) is 6. The van der Waals surface area contributed by atoms with E-state index in [1.165, 1.54) is 11.3 Å². The van der Waals surface area contributed by atoms with Crippen molar-refractivity contribution in [3.63, 3.8) is 0 Å². The normalized spacial score (nSPS) is 33.6. The predicted octanol–water partition coefficient (Wildman–Crippen LogP) is 3.17. The smallest absolute Gasteiger partial charge is 0.225 e. The highest BCUT2D eigenvalue weighted by Crippen LogP contribution is 2.62. The van der Waals surface area contributed by atoms with Gasteiger partial charge in [0.15, 0.2) is 5.13 Å². The number of fused-ring (bicyclic) bond motifs is 2. The van der Waals surface area contributed by atoms with E-state index in [0.29, 0.717) is 18.0 Å². The molecule has 5 unspecified atom stereocenters. The van der Waals surface area contributed by atoms with Gasteiger partial charge in [0.25, 0.3) is 0 Å². The number of aliphatic hydroxyl groups excluding tert-OH is 2. The third-order valence-electron chi connectivity index (χ3n) is 7.36. The van der Waals surface area contributed by atoms with Gasteiger partial charge in [-0.05, 0) is 42.7 Å². The van der Waals surface area contributed by atoms with Crippen molar-refractivity contribution in [1.82, 2.24) is 4.98 Å². The Morgan fingerprint density at radius 1 is 1.34 bits per heavy atom. The second kappa shape index (κ2) is 7.38. The van der Waals surface area contributed by atoms with Gasteiger partial charge in [0.05, 0.1) is 18.4 Å². The molecule has 1 amide bonds. The molecule has 5 atom stereocenters. The standard InChI is InChI=1S/C22H29N3O3S/c1-21-9-8-17(27)22(2,12-26)16(21)11-15-19(25-20(23)29-15)14(21)10-18(28)24-13-6-4-3-5-7-13/h3-7,14,16-17,26-27H,8-12H2,1-2H3,(H2,23,25)(H,24,28). The number of anilines is 2. The average molecular weight is 416 g/mol. The van der Waals surface area contributed by atoms with Crippen LogP contribution in [-0.2, 0) is 11.2 Å². The van der Waals surface area contributed by atoms with E-state index in [1.807, 2.05) is 37.3 Å². The molecule has 2 aliphatic carbocycles. The Morgan fingerprint density at radius 2 is 2.07 bits per heavy atom. The summed E-state index contributed by atoms with van der Waals surface area (Å²) in [6, 6.07) is 9.44. The fourth-order valence-electron chi connectivity index (χ4n) is 5.58. The zero-order valence-corrected chi connectivity index (χ0v) is 17.7. The number of nitrogens with zero attached hydrogens (tertiary/aromatic N) is 1. The number of nitrogen functional groups attached to an aromatic ring is 1. The van der Waals surface area contributed by atoms with E-state index in [2.05, 4.69) is 17.2 Å². The molecule has 1 saturated carbocycles. The molecule has 0 saturated heterocycles. The van der Waals surface area contributed by atoms with E-state index in [4.69, 9.17) is 5.73 Å². The average Bonchev–Trinajstić information content (AvgIpc) is 3.07. The number of aromatic nitrogens is 1. The molecule has 4 rings (SSSR count). The van der Waals surface area contributed by atoms with Crippen molar-refractivity contribution < 1.29 is 15.0 Å². The van der Waals surface area contributed by atoms with E-state index in [0.717, 1.165) is 29.1 Å². The molecule has 1 fully saturated rings. The van der Waals surface area contributed by atoms with Crippen LogP contribution in [0.15, 0.2) is 30.3 Å². The maximum atomic E-state index is 12.9. The molecular formula is C22H29N3O3S. The molecule has 0 aliphatic heterocycles. The summed E-state index contributed by atoms with van der Waals surface area (Å²) in [5.41, 5.74) is 6.87. The maximum Gasteiger partial charge on any atom is 0.225 e. The van der Waals surface area contributed by atoms with Crippen LogP contribution >= 0.6 is 11.3 Å². The van der Waals surface area contributed by atoms with Gasteiger partial charge in [-0.15, -0.1) is 11.3 Å². The minimum absolute atomic E-state index is 0.0469. The van der Waals surface area contributed by atoms with Crippen LogP contribution in [0, 0.1) is 16.7 Å². The van der Waals surface area contributed by atoms with Gasteiger partial charge in [-0.1, -0.05) is 32.0 Å². The molecule has 5 N–H and O–H groups in total. The zero-order chi connectivity index (χ0) is 20.8. The van der Waals surface area contributed by atoms with Crippen molar-refractivity contribution in [2.45, 2.75) is 51.6 Å². The third-order valence-corrected chi connectivity index (χ3v) is 8.28. The molecule has 29 heavy (non-hydrogen) atoms. The highest BCUT2D eigenvalue weighted by atomic mass is 32.1. The lowest BCUT2D eigenvalue weighted by atomic mass is 9.47.